The lowest BCUT2D eigenvalue weighted by Gasteiger charge is -2.14. The van der Waals surface area contributed by atoms with Gasteiger partial charge in [0.05, 0.1) is 5.75 Å². The molecule has 2 N–H and O–H groups in total. The van der Waals surface area contributed by atoms with E-state index in [2.05, 4.69) is 10.6 Å². The monoisotopic (exact) mass is 344 g/mol. The molecule has 1 aromatic carbocycles. The van der Waals surface area contributed by atoms with Crippen LogP contribution < -0.4 is 10.6 Å². The van der Waals surface area contributed by atoms with Crippen LogP contribution in [0.5, 0.6) is 0 Å². The number of amides is 2. The fourth-order valence-corrected chi connectivity index (χ4v) is 3.34. The van der Waals surface area contributed by atoms with Crippen LogP contribution in [0.15, 0.2) is 24.3 Å². The molecule has 1 aromatic rings. The molecule has 3 atom stereocenters. The number of sulfone groups is 1. The van der Waals surface area contributed by atoms with Crippen molar-refractivity contribution in [2.45, 2.75) is 37.8 Å². The van der Waals surface area contributed by atoms with Crippen molar-refractivity contribution in [2.75, 3.05) is 12.0 Å². The molecule has 1 fully saturated rings. The summed E-state index contributed by atoms with van der Waals surface area (Å²) in [7, 11) is -3.00. The number of halogens is 1. The van der Waals surface area contributed by atoms with Crippen molar-refractivity contribution in [3.8, 4) is 0 Å². The zero-order chi connectivity index (χ0) is 16.3. The first kappa shape index (κ1) is 17.1. The molecule has 5 nitrogen and oxygen atoms in total. The van der Waals surface area contributed by atoms with Crippen molar-refractivity contribution in [1.29, 1.82) is 0 Å². The van der Waals surface area contributed by atoms with Crippen LogP contribution in [0, 0.1) is 0 Å². The molecule has 7 heteroatoms. The van der Waals surface area contributed by atoms with Crippen molar-refractivity contribution >= 4 is 27.5 Å². The van der Waals surface area contributed by atoms with Gasteiger partial charge in [0, 0.05) is 29.3 Å². The van der Waals surface area contributed by atoms with Gasteiger partial charge in [-0.05, 0) is 37.5 Å². The largest absolute Gasteiger partial charge is 0.336 e. The van der Waals surface area contributed by atoms with Crippen molar-refractivity contribution in [1.82, 2.24) is 10.6 Å². The molecule has 0 aromatic heterocycles. The Morgan fingerprint density at radius 2 is 2.18 bits per heavy atom. The number of urea groups is 1. The molecule has 0 radical (unpaired) electrons. The Hall–Kier alpha value is -1.27. The van der Waals surface area contributed by atoms with Crippen LogP contribution in [0.1, 0.15) is 31.2 Å². The SMILES string of the molecule is C[C@H](CCS(C)(=O)=O)NC(=O)N[C@@H]1C[C@@H]1c1cccc(Cl)c1. The van der Waals surface area contributed by atoms with Crippen molar-refractivity contribution in [3.05, 3.63) is 34.9 Å². The number of rotatable bonds is 6. The highest BCUT2D eigenvalue weighted by atomic mass is 35.5. The van der Waals surface area contributed by atoms with Gasteiger partial charge in [-0.3, -0.25) is 0 Å². The molecule has 0 spiro atoms. The average Bonchev–Trinajstić information content (AvgIpc) is 3.14. The summed E-state index contributed by atoms with van der Waals surface area (Å²) in [4.78, 5) is 11.9. The molecule has 22 heavy (non-hydrogen) atoms. The second kappa shape index (κ2) is 6.87. The zero-order valence-electron chi connectivity index (χ0n) is 12.7. The Morgan fingerprint density at radius 1 is 1.45 bits per heavy atom. The highest BCUT2D eigenvalue weighted by molar-refractivity contribution is 7.90. The minimum absolute atomic E-state index is 0.0724. The van der Waals surface area contributed by atoms with E-state index in [1.54, 1.807) is 6.92 Å². The summed E-state index contributed by atoms with van der Waals surface area (Å²) in [6.45, 7) is 1.80. The molecule has 1 aliphatic rings. The van der Waals surface area contributed by atoms with E-state index >= 15 is 0 Å². The summed E-state index contributed by atoms with van der Waals surface area (Å²) in [5.41, 5.74) is 1.13. The maximum Gasteiger partial charge on any atom is 0.315 e. The van der Waals surface area contributed by atoms with Crippen LogP contribution >= 0.6 is 11.6 Å². The second-order valence-corrected chi connectivity index (χ2v) is 8.64. The quantitative estimate of drug-likeness (QED) is 0.831. The van der Waals surface area contributed by atoms with Gasteiger partial charge in [-0.1, -0.05) is 23.7 Å². The molecule has 0 saturated heterocycles. The summed E-state index contributed by atoms with van der Waals surface area (Å²) < 4.78 is 22.2. The summed E-state index contributed by atoms with van der Waals surface area (Å²) >= 11 is 5.96. The molecular formula is C15H21ClN2O3S. The normalized spacial score (nSPS) is 22.0. The van der Waals surface area contributed by atoms with Crippen LogP contribution in [-0.4, -0.2) is 38.5 Å². The minimum atomic E-state index is -3.00. The van der Waals surface area contributed by atoms with Crippen molar-refractivity contribution in [2.24, 2.45) is 0 Å². The lowest BCUT2D eigenvalue weighted by Crippen LogP contribution is -2.42. The van der Waals surface area contributed by atoms with E-state index in [1.807, 2.05) is 24.3 Å². The maximum atomic E-state index is 11.9. The van der Waals surface area contributed by atoms with Crippen LogP contribution in [0.2, 0.25) is 5.02 Å². The number of carbonyl (C=O) groups is 1. The van der Waals surface area contributed by atoms with E-state index in [-0.39, 0.29) is 23.9 Å². The van der Waals surface area contributed by atoms with Crippen molar-refractivity contribution in [3.63, 3.8) is 0 Å². The van der Waals surface area contributed by atoms with Gasteiger partial charge in [0.15, 0.2) is 0 Å². The van der Waals surface area contributed by atoms with Gasteiger partial charge in [-0.25, -0.2) is 13.2 Å². The topological polar surface area (TPSA) is 75.3 Å². The summed E-state index contributed by atoms with van der Waals surface area (Å²) in [6, 6.07) is 7.33. The van der Waals surface area contributed by atoms with E-state index in [1.165, 1.54) is 6.26 Å². The summed E-state index contributed by atoms with van der Waals surface area (Å²) in [5.74, 6) is 0.374. The smallest absolute Gasteiger partial charge is 0.315 e. The molecule has 0 aliphatic heterocycles. The first-order valence-electron chi connectivity index (χ1n) is 7.25. The van der Waals surface area contributed by atoms with Gasteiger partial charge in [0.25, 0.3) is 0 Å². The standard InChI is InChI=1S/C15H21ClN2O3S/c1-10(6-7-22(2,20)21)17-15(19)18-14-9-13(14)11-4-3-5-12(16)8-11/h3-5,8,10,13-14H,6-7,9H2,1-2H3,(H2,17,18,19)/t10-,13-,14-/m1/s1. The Morgan fingerprint density at radius 3 is 2.82 bits per heavy atom. The molecule has 2 amide bonds. The Kier molecular flexibility index (Phi) is 5.34. The van der Waals surface area contributed by atoms with E-state index in [9.17, 15) is 13.2 Å². The van der Waals surface area contributed by atoms with Gasteiger partial charge >= 0.3 is 6.03 Å². The summed E-state index contributed by atoms with van der Waals surface area (Å²) in [6.07, 6.45) is 2.50. The van der Waals surface area contributed by atoms with Crippen molar-refractivity contribution < 1.29 is 13.2 Å². The van der Waals surface area contributed by atoms with E-state index in [0.29, 0.717) is 17.4 Å². The van der Waals surface area contributed by atoms with Crippen LogP contribution in [-0.2, 0) is 9.84 Å². The highest BCUT2D eigenvalue weighted by Crippen LogP contribution is 2.41. The molecule has 0 bridgehead atoms. The summed E-state index contributed by atoms with van der Waals surface area (Å²) in [5, 5.41) is 6.37. The van der Waals surface area contributed by atoms with Crippen LogP contribution in [0.3, 0.4) is 0 Å². The van der Waals surface area contributed by atoms with Gasteiger partial charge in [0.1, 0.15) is 9.84 Å². The van der Waals surface area contributed by atoms with Gasteiger partial charge in [-0.15, -0.1) is 0 Å². The number of hydrogen-bond donors (Lipinski definition) is 2. The first-order chi connectivity index (χ1) is 10.2. The predicted molar refractivity (Wildman–Crippen MR) is 88.1 cm³/mol. The lowest BCUT2D eigenvalue weighted by atomic mass is 10.1. The van der Waals surface area contributed by atoms with Crippen LogP contribution in [0.25, 0.3) is 0 Å². The van der Waals surface area contributed by atoms with Gasteiger partial charge < -0.3 is 10.6 Å². The maximum absolute atomic E-state index is 11.9. The molecule has 0 heterocycles. The highest BCUT2D eigenvalue weighted by Gasteiger charge is 2.39. The molecule has 122 valence electrons. The third kappa shape index (κ3) is 5.50. The van der Waals surface area contributed by atoms with Gasteiger partial charge in [-0.2, -0.15) is 0 Å². The van der Waals surface area contributed by atoms with Crippen LogP contribution in [0.4, 0.5) is 4.79 Å². The second-order valence-electron chi connectivity index (χ2n) is 5.94. The minimum Gasteiger partial charge on any atom is -0.336 e. The van der Waals surface area contributed by atoms with Gasteiger partial charge in [0.2, 0.25) is 0 Å². The fourth-order valence-electron chi connectivity index (χ4n) is 2.36. The molecule has 2 rings (SSSR count). The van der Waals surface area contributed by atoms with E-state index in [4.69, 9.17) is 11.6 Å². The number of carbonyl (C=O) groups excluding carboxylic acids is 1. The molecular weight excluding hydrogens is 324 g/mol. The molecule has 1 aliphatic carbocycles. The zero-order valence-corrected chi connectivity index (χ0v) is 14.2. The Labute approximate surface area is 136 Å². The Balaban J connectivity index is 1.75. The number of hydrogen-bond acceptors (Lipinski definition) is 3. The predicted octanol–water partition coefficient (Wildman–Crippen LogP) is 2.32. The van der Waals surface area contributed by atoms with E-state index < -0.39 is 9.84 Å². The third-order valence-corrected chi connectivity index (χ3v) is 4.90. The lowest BCUT2D eigenvalue weighted by molar-refractivity contribution is 0.237. The Bertz CT molecular complexity index is 648. The average molecular weight is 345 g/mol. The first-order valence-corrected chi connectivity index (χ1v) is 9.68. The molecule has 0 unspecified atom stereocenters. The number of nitrogens with one attached hydrogen (secondary N) is 2. The van der Waals surface area contributed by atoms with E-state index in [0.717, 1.165) is 12.0 Å². The fraction of sp³-hybridized carbons (Fsp3) is 0.533. The molecule has 1 saturated carbocycles. The third-order valence-electron chi connectivity index (χ3n) is 3.68. The number of benzene rings is 1.